The molecule has 0 saturated heterocycles. The molecule has 178 valence electrons. The average Bonchev–Trinajstić information content (AvgIpc) is 3.45. The summed E-state index contributed by atoms with van der Waals surface area (Å²) >= 11 is 0. The van der Waals surface area contributed by atoms with Crippen molar-refractivity contribution < 1.29 is 23.0 Å². The van der Waals surface area contributed by atoms with E-state index in [4.69, 9.17) is 11.5 Å². The number of halogens is 2. The largest absolute Gasteiger partial charge is 0.379 e. The van der Waals surface area contributed by atoms with Gasteiger partial charge < -0.3 is 16.8 Å². The van der Waals surface area contributed by atoms with Crippen molar-refractivity contribution in [2.45, 2.75) is 6.54 Å². The topological polar surface area (TPSA) is 192 Å². The van der Waals surface area contributed by atoms with E-state index in [0.29, 0.717) is 5.69 Å². The van der Waals surface area contributed by atoms with Gasteiger partial charge in [-0.15, -0.1) is 5.10 Å². The van der Waals surface area contributed by atoms with Gasteiger partial charge in [-0.3, -0.25) is 9.59 Å². The number of hydrogen-bond acceptors (Lipinski definition) is 10. The Morgan fingerprint density at radius 3 is 2.71 bits per heavy atom. The van der Waals surface area contributed by atoms with E-state index >= 15 is 0 Å². The van der Waals surface area contributed by atoms with Crippen molar-refractivity contribution in [3.05, 3.63) is 76.6 Å². The highest BCUT2D eigenvalue weighted by Crippen LogP contribution is 2.19. The summed E-state index contributed by atoms with van der Waals surface area (Å²) in [6, 6.07) is 9.23. The second kappa shape index (κ2) is 9.74. The Bertz CT molecular complexity index is 1430. The minimum Gasteiger partial charge on any atom is -0.379 e. The summed E-state index contributed by atoms with van der Waals surface area (Å²) in [5.41, 5.74) is 13.6. The average molecular weight is 482 g/mol. The molecule has 0 unspecified atom stereocenters. The van der Waals surface area contributed by atoms with E-state index in [2.05, 4.69) is 41.1 Å². The third kappa shape index (κ3) is 4.92. The van der Waals surface area contributed by atoms with Crippen molar-refractivity contribution in [2.24, 2.45) is 10.8 Å². The number of hydrogen-bond donors (Lipinski definition) is 4. The van der Waals surface area contributed by atoms with Gasteiger partial charge in [-0.1, -0.05) is 17.3 Å². The van der Waals surface area contributed by atoms with Crippen LogP contribution in [0.2, 0.25) is 0 Å². The van der Waals surface area contributed by atoms with Crippen LogP contribution >= 0.6 is 0 Å². The van der Waals surface area contributed by atoms with Crippen LogP contribution in [0.4, 0.5) is 20.3 Å². The number of rotatable bonds is 8. The maximum atomic E-state index is 13.8. The molecule has 15 heteroatoms. The Balaban J connectivity index is 1.62. The molecule has 0 spiro atoms. The number of carbonyl (C=O) groups is 2. The summed E-state index contributed by atoms with van der Waals surface area (Å²) in [5.74, 6) is -3.07. The molecule has 6 N–H and O–H groups in total. The number of anilines is 2. The van der Waals surface area contributed by atoms with Gasteiger partial charge in [0, 0.05) is 11.3 Å². The van der Waals surface area contributed by atoms with Crippen LogP contribution in [0.15, 0.2) is 52.2 Å². The molecule has 4 aromatic rings. The van der Waals surface area contributed by atoms with Gasteiger partial charge in [0.15, 0.2) is 5.69 Å². The number of nitrogens with one attached hydrogen (secondary N) is 2. The molecule has 0 fully saturated rings. The first-order valence-corrected chi connectivity index (χ1v) is 9.79. The third-order valence-corrected chi connectivity index (χ3v) is 4.64. The zero-order valence-corrected chi connectivity index (χ0v) is 17.6. The number of amides is 2. The fourth-order valence-electron chi connectivity index (χ4n) is 3.00. The molecular formula is C20H16F2N10O3. The van der Waals surface area contributed by atoms with Gasteiger partial charge in [-0.2, -0.15) is 9.78 Å². The van der Waals surface area contributed by atoms with Crippen molar-refractivity contribution in [3.63, 3.8) is 0 Å². The highest BCUT2D eigenvalue weighted by Gasteiger charge is 2.24. The number of para-hydroxylation sites is 1. The molecule has 35 heavy (non-hydrogen) atoms. The highest BCUT2D eigenvalue weighted by molar-refractivity contribution is 5.98. The normalized spacial score (nSPS) is 11.0. The molecule has 0 saturated carbocycles. The number of hydrazone groups is 1. The lowest BCUT2D eigenvalue weighted by Gasteiger charge is -2.11. The zero-order valence-electron chi connectivity index (χ0n) is 17.6. The first kappa shape index (κ1) is 23.0. The quantitative estimate of drug-likeness (QED) is 0.209. The van der Waals surface area contributed by atoms with Crippen LogP contribution in [-0.2, 0) is 6.54 Å². The number of carbonyl (C=O) groups excluding carboxylic acids is 2. The Hall–Kier alpha value is -5.21. The first-order chi connectivity index (χ1) is 16.8. The third-order valence-electron chi connectivity index (χ3n) is 4.64. The molecule has 0 aliphatic heterocycles. The molecule has 0 aliphatic carbocycles. The van der Waals surface area contributed by atoms with Gasteiger partial charge in [0.1, 0.15) is 11.6 Å². The van der Waals surface area contributed by atoms with E-state index in [1.54, 1.807) is 18.2 Å². The molecule has 0 radical (unpaired) electrons. The smallest absolute Gasteiger partial charge is 0.293 e. The van der Waals surface area contributed by atoms with Crippen molar-refractivity contribution in [2.75, 3.05) is 11.1 Å². The number of nitrogens with two attached hydrogens (primary N) is 2. The van der Waals surface area contributed by atoms with Crippen LogP contribution in [0.25, 0.3) is 5.82 Å². The zero-order chi connectivity index (χ0) is 24.9. The lowest BCUT2D eigenvalue weighted by molar-refractivity contribution is 0.0947. The van der Waals surface area contributed by atoms with Gasteiger partial charge >= 0.3 is 0 Å². The molecule has 2 aromatic heterocycles. The summed E-state index contributed by atoms with van der Waals surface area (Å²) < 4.78 is 32.8. The Kier molecular flexibility index (Phi) is 6.39. The first-order valence-electron chi connectivity index (χ1n) is 9.79. The summed E-state index contributed by atoms with van der Waals surface area (Å²) in [5, 5.41) is 21.5. The number of aromatic nitrogens is 5. The van der Waals surface area contributed by atoms with Crippen LogP contribution in [0.1, 0.15) is 32.1 Å². The molecule has 13 nitrogen and oxygen atoms in total. The molecule has 0 aliphatic rings. The summed E-state index contributed by atoms with van der Waals surface area (Å²) in [4.78, 5) is 24.5. The molecule has 2 amide bonds. The van der Waals surface area contributed by atoms with Crippen molar-refractivity contribution in [1.29, 1.82) is 0 Å². The molecular weight excluding hydrogens is 466 g/mol. The monoisotopic (exact) mass is 482 g/mol. The predicted molar refractivity (Wildman–Crippen MR) is 117 cm³/mol. The molecule has 2 heterocycles. The maximum Gasteiger partial charge on any atom is 0.293 e. The molecule has 0 bridgehead atoms. The lowest BCUT2D eigenvalue weighted by atomic mass is 10.1. The minimum absolute atomic E-state index is 0.0399. The Morgan fingerprint density at radius 1 is 1.17 bits per heavy atom. The summed E-state index contributed by atoms with van der Waals surface area (Å²) in [7, 11) is 0. The molecule has 0 atom stereocenters. The summed E-state index contributed by atoms with van der Waals surface area (Å²) in [6.07, 6.45) is 0.932. The fourth-order valence-corrected chi connectivity index (χ4v) is 3.00. The molecule has 2 aromatic carbocycles. The number of nitrogen functional groups attached to an aromatic ring is 1. The van der Waals surface area contributed by atoms with E-state index in [1.807, 2.05) is 0 Å². The van der Waals surface area contributed by atoms with E-state index < -0.39 is 23.4 Å². The second-order valence-electron chi connectivity index (χ2n) is 6.90. The Morgan fingerprint density at radius 2 is 1.97 bits per heavy atom. The lowest BCUT2D eigenvalue weighted by Crippen LogP contribution is -2.22. The van der Waals surface area contributed by atoms with Crippen molar-refractivity contribution >= 4 is 29.5 Å². The van der Waals surface area contributed by atoms with Crippen LogP contribution < -0.4 is 22.2 Å². The van der Waals surface area contributed by atoms with Gasteiger partial charge in [0.05, 0.1) is 24.0 Å². The highest BCUT2D eigenvalue weighted by atomic mass is 19.1. The van der Waals surface area contributed by atoms with Crippen molar-refractivity contribution in [1.82, 2.24) is 30.7 Å². The number of nitrogens with zero attached hydrogens (tertiary/aromatic N) is 6. The maximum absolute atomic E-state index is 13.8. The Labute approximate surface area is 194 Å². The van der Waals surface area contributed by atoms with Crippen LogP contribution in [0.5, 0.6) is 0 Å². The van der Waals surface area contributed by atoms with Gasteiger partial charge in [0.25, 0.3) is 11.8 Å². The van der Waals surface area contributed by atoms with Crippen LogP contribution in [0, 0.1) is 11.6 Å². The van der Waals surface area contributed by atoms with Crippen LogP contribution in [0.3, 0.4) is 0 Å². The van der Waals surface area contributed by atoms with E-state index in [-0.39, 0.29) is 40.7 Å². The second-order valence-corrected chi connectivity index (χ2v) is 6.90. The summed E-state index contributed by atoms with van der Waals surface area (Å²) in [6.45, 7) is -0.103. The number of benzene rings is 2. The molecule has 4 rings (SSSR count). The van der Waals surface area contributed by atoms with E-state index in [1.165, 1.54) is 6.07 Å². The predicted octanol–water partition coefficient (Wildman–Crippen LogP) is 0.986. The van der Waals surface area contributed by atoms with E-state index in [0.717, 1.165) is 29.1 Å². The standard InChI is InChI=1S/C20H16F2N10O3/c21-11-5-6-13(22)10(7-11)8-26-28-20(34)16-15(32(31-27-16)19-17(23)29-35-30-19)9-25-14-4-2-1-3-12(14)18(24)33/h1-8,25H,9H2,(H2,23,29)(H2,24,33)(H,28,34)/b26-8+. The van der Waals surface area contributed by atoms with E-state index in [9.17, 15) is 18.4 Å². The van der Waals surface area contributed by atoms with Gasteiger partial charge in [-0.25, -0.2) is 18.8 Å². The number of primary amides is 1. The van der Waals surface area contributed by atoms with Gasteiger partial charge in [0.2, 0.25) is 11.6 Å². The minimum atomic E-state index is -0.834. The SMILES string of the molecule is NC(=O)c1ccccc1NCc1c(C(=O)N/N=C/c2cc(F)ccc2F)nnn1-c1nonc1N. The van der Waals surface area contributed by atoms with Gasteiger partial charge in [-0.05, 0) is 40.6 Å². The van der Waals surface area contributed by atoms with Crippen LogP contribution in [-0.4, -0.2) is 43.3 Å². The fraction of sp³-hybridized carbons (Fsp3) is 0.0500. The van der Waals surface area contributed by atoms with Crippen molar-refractivity contribution in [3.8, 4) is 5.82 Å².